The molecule has 1 aromatic heterocycles. The summed E-state index contributed by atoms with van der Waals surface area (Å²) in [5.41, 5.74) is 7.45. The third-order valence-electron chi connectivity index (χ3n) is 2.48. The Morgan fingerprint density at radius 2 is 1.94 bits per heavy atom. The van der Waals surface area contributed by atoms with Crippen LogP contribution in [0.5, 0.6) is 0 Å². The molecular formula is C12H12N4O2. The smallest absolute Gasteiger partial charge is 0.314 e. The highest BCUT2D eigenvalue weighted by Gasteiger charge is 2.18. The molecule has 0 amide bonds. The van der Waals surface area contributed by atoms with Gasteiger partial charge in [-0.05, 0) is 37.3 Å². The Hall–Kier alpha value is -2.63. The molecule has 0 saturated carbocycles. The lowest BCUT2D eigenvalue weighted by Gasteiger charge is -2.07. The molecule has 2 aromatic rings. The fourth-order valence-corrected chi connectivity index (χ4v) is 1.58. The van der Waals surface area contributed by atoms with E-state index in [-0.39, 0.29) is 11.5 Å². The van der Waals surface area contributed by atoms with Gasteiger partial charge in [0, 0.05) is 23.1 Å². The van der Waals surface area contributed by atoms with Crippen molar-refractivity contribution in [3.8, 4) is 0 Å². The van der Waals surface area contributed by atoms with Crippen LogP contribution in [0.15, 0.2) is 36.5 Å². The average molecular weight is 244 g/mol. The monoisotopic (exact) mass is 244 g/mol. The summed E-state index contributed by atoms with van der Waals surface area (Å²) >= 11 is 0. The van der Waals surface area contributed by atoms with E-state index >= 15 is 0 Å². The lowest BCUT2D eigenvalue weighted by Crippen LogP contribution is -2.01. The number of aromatic nitrogens is 1. The summed E-state index contributed by atoms with van der Waals surface area (Å²) in [6, 6.07) is 8.51. The second kappa shape index (κ2) is 4.70. The van der Waals surface area contributed by atoms with E-state index in [0.717, 1.165) is 0 Å². The number of nitrogens with two attached hydrogens (primary N) is 1. The summed E-state index contributed by atoms with van der Waals surface area (Å²) in [7, 11) is 0. The van der Waals surface area contributed by atoms with Crippen molar-refractivity contribution < 1.29 is 4.92 Å². The number of anilines is 3. The van der Waals surface area contributed by atoms with Gasteiger partial charge in [-0.2, -0.15) is 0 Å². The highest BCUT2D eigenvalue weighted by molar-refractivity contribution is 5.68. The molecule has 3 N–H and O–H groups in total. The van der Waals surface area contributed by atoms with Crippen LogP contribution in [0.25, 0.3) is 0 Å². The van der Waals surface area contributed by atoms with E-state index in [4.69, 9.17) is 5.73 Å². The first-order valence-corrected chi connectivity index (χ1v) is 5.30. The molecule has 18 heavy (non-hydrogen) atoms. The molecule has 1 heterocycles. The zero-order valence-corrected chi connectivity index (χ0v) is 9.75. The molecule has 0 saturated heterocycles. The minimum absolute atomic E-state index is 0.0191. The number of rotatable bonds is 3. The molecule has 6 nitrogen and oxygen atoms in total. The Labute approximate surface area is 104 Å². The Morgan fingerprint density at radius 1 is 1.28 bits per heavy atom. The maximum absolute atomic E-state index is 11.0. The van der Waals surface area contributed by atoms with Crippen molar-refractivity contribution >= 4 is 22.9 Å². The first kappa shape index (κ1) is 11.8. The molecule has 2 rings (SSSR count). The van der Waals surface area contributed by atoms with E-state index < -0.39 is 4.92 Å². The third kappa shape index (κ3) is 2.37. The fraction of sp³-hybridized carbons (Fsp3) is 0.0833. The lowest BCUT2D eigenvalue weighted by molar-refractivity contribution is -0.384. The van der Waals surface area contributed by atoms with E-state index in [1.165, 1.54) is 6.20 Å². The Balaban J connectivity index is 2.37. The van der Waals surface area contributed by atoms with Gasteiger partial charge < -0.3 is 11.1 Å². The van der Waals surface area contributed by atoms with Crippen molar-refractivity contribution in [2.75, 3.05) is 11.1 Å². The lowest BCUT2D eigenvalue weighted by atomic mass is 10.2. The van der Waals surface area contributed by atoms with Gasteiger partial charge in [0.05, 0.1) is 4.92 Å². The van der Waals surface area contributed by atoms with Crippen molar-refractivity contribution in [1.82, 2.24) is 4.98 Å². The summed E-state index contributed by atoms with van der Waals surface area (Å²) < 4.78 is 0. The molecule has 0 spiro atoms. The van der Waals surface area contributed by atoms with Gasteiger partial charge in [0.25, 0.3) is 0 Å². The summed E-state index contributed by atoms with van der Waals surface area (Å²) in [6.07, 6.45) is 1.53. The fourth-order valence-electron chi connectivity index (χ4n) is 1.58. The van der Waals surface area contributed by atoms with Crippen LogP contribution in [0.4, 0.5) is 22.9 Å². The molecule has 1 aromatic carbocycles. The topological polar surface area (TPSA) is 94.1 Å². The Bertz CT molecular complexity index is 581. The van der Waals surface area contributed by atoms with Crippen molar-refractivity contribution in [2.45, 2.75) is 6.92 Å². The summed E-state index contributed by atoms with van der Waals surface area (Å²) in [4.78, 5) is 14.5. The first-order chi connectivity index (χ1) is 8.58. The van der Waals surface area contributed by atoms with E-state index in [1.807, 2.05) is 0 Å². The van der Waals surface area contributed by atoms with Crippen LogP contribution >= 0.6 is 0 Å². The van der Waals surface area contributed by atoms with Crippen molar-refractivity contribution in [2.24, 2.45) is 0 Å². The van der Waals surface area contributed by atoms with E-state index in [1.54, 1.807) is 37.3 Å². The number of nitrogens with zero attached hydrogens (tertiary/aromatic N) is 2. The van der Waals surface area contributed by atoms with Crippen molar-refractivity contribution in [1.29, 1.82) is 0 Å². The summed E-state index contributed by atoms with van der Waals surface area (Å²) in [5.74, 6) is 0.227. The van der Waals surface area contributed by atoms with Crippen molar-refractivity contribution in [3.63, 3.8) is 0 Å². The van der Waals surface area contributed by atoms with E-state index in [9.17, 15) is 10.1 Å². The molecule has 0 unspecified atom stereocenters. The number of nitrogens with one attached hydrogen (secondary N) is 1. The van der Waals surface area contributed by atoms with Gasteiger partial charge in [0.1, 0.15) is 0 Å². The van der Waals surface area contributed by atoms with Crippen LogP contribution in [0.1, 0.15) is 5.56 Å². The summed E-state index contributed by atoms with van der Waals surface area (Å²) in [5, 5.41) is 13.9. The van der Waals surface area contributed by atoms with Crippen LogP contribution < -0.4 is 11.1 Å². The van der Waals surface area contributed by atoms with Gasteiger partial charge in [-0.15, -0.1) is 0 Å². The van der Waals surface area contributed by atoms with Crippen LogP contribution in [0.3, 0.4) is 0 Å². The number of nitro groups is 1. The molecule has 0 aliphatic carbocycles. The van der Waals surface area contributed by atoms with Crippen LogP contribution in [0, 0.1) is 17.0 Å². The maximum atomic E-state index is 11.0. The number of benzene rings is 1. The van der Waals surface area contributed by atoms with Crippen LogP contribution in [0.2, 0.25) is 0 Å². The van der Waals surface area contributed by atoms with Crippen LogP contribution in [-0.2, 0) is 0 Å². The minimum Gasteiger partial charge on any atom is -0.399 e. The molecule has 0 fully saturated rings. The predicted molar refractivity (Wildman–Crippen MR) is 69.8 cm³/mol. The summed E-state index contributed by atoms with van der Waals surface area (Å²) in [6.45, 7) is 1.67. The maximum Gasteiger partial charge on any atom is 0.314 e. The average Bonchev–Trinajstić information content (AvgIpc) is 2.32. The zero-order chi connectivity index (χ0) is 13.1. The second-order valence-corrected chi connectivity index (χ2v) is 3.83. The number of hydrogen-bond donors (Lipinski definition) is 2. The third-order valence-corrected chi connectivity index (χ3v) is 2.48. The van der Waals surface area contributed by atoms with Gasteiger partial charge in [-0.1, -0.05) is 0 Å². The van der Waals surface area contributed by atoms with Crippen molar-refractivity contribution in [3.05, 3.63) is 52.2 Å². The quantitative estimate of drug-likeness (QED) is 0.491. The molecular weight excluding hydrogens is 232 g/mol. The van der Waals surface area contributed by atoms with E-state index in [0.29, 0.717) is 16.9 Å². The van der Waals surface area contributed by atoms with Gasteiger partial charge >= 0.3 is 5.69 Å². The van der Waals surface area contributed by atoms with Gasteiger partial charge in [-0.3, -0.25) is 10.1 Å². The Morgan fingerprint density at radius 3 is 2.56 bits per heavy atom. The number of hydrogen-bond acceptors (Lipinski definition) is 5. The Kier molecular flexibility index (Phi) is 3.09. The first-order valence-electron chi connectivity index (χ1n) is 5.30. The highest BCUT2D eigenvalue weighted by Crippen LogP contribution is 2.28. The molecule has 6 heteroatoms. The molecule has 0 bridgehead atoms. The second-order valence-electron chi connectivity index (χ2n) is 3.83. The largest absolute Gasteiger partial charge is 0.399 e. The SMILES string of the molecule is Cc1ccnc(Nc2ccc(N)cc2)c1[N+](=O)[O-]. The van der Waals surface area contributed by atoms with Gasteiger partial charge in [0.2, 0.25) is 5.82 Å². The molecule has 0 atom stereocenters. The molecule has 0 radical (unpaired) electrons. The minimum atomic E-state index is -0.442. The number of aryl methyl sites for hydroxylation is 1. The van der Waals surface area contributed by atoms with Crippen LogP contribution in [-0.4, -0.2) is 9.91 Å². The molecule has 92 valence electrons. The normalized spacial score (nSPS) is 10.1. The van der Waals surface area contributed by atoms with E-state index in [2.05, 4.69) is 10.3 Å². The van der Waals surface area contributed by atoms with Gasteiger partial charge in [0.15, 0.2) is 0 Å². The highest BCUT2D eigenvalue weighted by atomic mass is 16.6. The van der Waals surface area contributed by atoms with Gasteiger partial charge in [-0.25, -0.2) is 4.98 Å². The molecule has 0 aliphatic heterocycles. The zero-order valence-electron chi connectivity index (χ0n) is 9.75. The number of nitrogen functional groups attached to an aromatic ring is 1. The molecule has 0 aliphatic rings. The number of pyridine rings is 1. The standard InChI is InChI=1S/C12H12N4O2/c1-8-6-7-14-12(11(8)16(17)18)15-10-4-2-9(13)3-5-10/h2-7H,13H2,1H3,(H,14,15). The predicted octanol–water partition coefficient (Wildman–Crippen LogP) is 2.62.